The highest BCUT2D eigenvalue weighted by Crippen LogP contribution is 2.66. The molecular weight excluding hydrogens is 647 g/mol. The van der Waals surface area contributed by atoms with Gasteiger partial charge in [-0.15, -0.1) is 11.3 Å². The molecule has 0 N–H and O–H groups in total. The monoisotopic (exact) mass is 677 g/mol. The van der Waals surface area contributed by atoms with Crippen molar-refractivity contribution < 1.29 is 0 Å². The van der Waals surface area contributed by atoms with E-state index in [9.17, 15) is 0 Å². The molecule has 2 heterocycles. The average Bonchev–Trinajstić information content (AvgIpc) is 3.85. The topological polar surface area (TPSA) is 12.9 Å². The lowest BCUT2D eigenvalue weighted by molar-refractivity contribution is 0.812. The van der Waals surface area contributed by atoms with Crippen LogP contribution in [0.2, 0.25) is 0 Å². The Morgan fingerprint density at radius 2 is 0.885 bits per heavy atom. The SMILES string of the molecule is c1ccc(-c2cc(-c3ccc(-c4ccc5c(c4)C4(c6ccccc6-c6ccccc64)c4sc6ccccc6c4-5)cc3)cc(-c3ccccc3)n2)cc1. The van der Waals surface area contributed by atoms with Gasteiger partial charge in [-0.05, 0) is 79.9 Å². The molecule has 2 aromatic heterocycles. The normalized spacial score (nSPS) is 13.2. The van der Waals surface area contributed by atoms with Crippen molar-refractivity contribution in [2.24, 2.45) is 0 Å². The Balaban J connectivity index is 1.07. The summed E-state index contributed by atoms with van der Waals surface area (Å²) < 4.78 is 1.35. The lowest BCUT2D eigenvalue weighted by Gasteiger charge is -2.29. The first-order chi connectivity index (χ1) is 25.8. The van der Waals surface area contributed by atoms with Crippen LogP contribution in [0.5, 0.6) is 0 Å². The van der Waals surface area contributed by atoms with Crippen molar-refractivity contribution in [3.05, 3.63) is 210 Å². The Bertz CT molecular complexity index is 2730. The maximum Gasteiger partial charge on any atom is 0.0819 e. The Morgan fingerprint density at radius 1 is 0.365 bits per heavy atom. The summed E-state index contributed by atoms with van der Waals surface area (Å²) in [6.45, 7) is 0. The minimum atomic E-state index is -0.351. The maximum atomic E-state index is 5.10. The zero-order valence-corrected chi connectivity index (χ0v) is 29.1. The molecule has 0 aliphatic heterocycles. The van der Waals surface area contributed by atoms with E-state index in [0.717, 1.165) is 28.1 Å². The average molecular weight is 678 g/mol. The van der Waals surface area contributed by atoms with Gasteiger partial charge in [-0.1, -0.05) is 164 Å². The van der Waals surface area contributed by atoms with Gasteiger partial charge in [-0.25, -0.2) is 4.98 Å². The molecule has 0 unspecified atom stereocenters. The summed E-state index contributed by atoms with van der Waals surface area (Å²) in [5, 5.41) is 1.35. The summed E-state index contributed by atoms with van der Waals surface area (Å²) in [5.41, 5.74) is 18.2. The Kier molecular flexibility index (Phi) is 6.40. The predicted molar refractivity (Wildman–Crippen MR) is 218 cm³/mol. The van der Waals surface area contributed by atoms with Gasteiger partial charge in [0.15, 0.2) is 0 Å². The molecule has 11 rings (SSSR count). The number of hydrogen-bond acceptors (Lipinski definition) is 2. The fourth-order valence-corrected chi connectivity index (χ4v) is 10.2. The molecule has 0 saturated carbocycles. The Labute approximate surface area is 307 Å². The summed E-state index contributed by atoms with van der Waals surface area (Å²) in [7, 11) is 0. The second-order valence-corrected chi connectivity index (χ2v) is 14.9. The van der Waals surface area contributed by atoms with E-state index in [-0.39, 0.29) is 5.41 Å². The first-order valence-electron chi connectivity index (χ1n) is 17.9. The highest BCUT2D eigenvalue weighted by atomic mass is 32.1. The quantitative estimate of drug-likeness (QED) is 0.181. The van der Waals surface area contributed by atoms with E-state index in [2.05, 4.69) is 188 Å². The van der Waals surface area contributed by atoms with Crippen LogP contribution in [0.3, 0.4) is 0 Å². The summed E-state index contributed by atoms with van der Waals surface area (Å²) in [5.74, 6) is 0. The van der Waals surface area contributed by atoms with Crippen LogP contribution in [0.1, 0.15) is 21.6 Å². The van der Waals surface area contributed by atoms with Gasteiger partial charge >= 0.3 is 0 Å². The van der Waals surface area contributed by atoms with Gasteiger partial charge in [-0.2, -0.15) is 0 Å². The molecular formula is C50H31NS. The van der Waals surface area contributed by atoms with Crippen molar-refractivity contribution in [1.29, 1.82) is 0 Å². The van der Waals surface area contributed by atoms with Crippen LogP contribution >= 0.6 is 11.3 Å². The second kappa shape index (κ2) is 11.3. The number of nitrogens with zero attached hydrogens (tertiary/aromatic N) is 1. The third-order valence-electron chi connectivity index (χ3n) is 11.1. The largest absolute Gasteiger partial charge is 0.248 e. The lowest BCUT2D eigenvalue weighted by Crippen LogP contribution is -2.24. The van der Waals surface area contributed by atoms with Crippen LogP contribution < -0.4 is 0 Å². The summed E-state index contributed by atoms with van der Waals surface area (Å²) in [6, 6.07) is 68.7. The first-order valence-corrected chi connectivity index (χ1v) is 18.7. The number of pyridine rings is 1. The number of aromatic nitrogens is 1. The molecule has 242 valence electrons. The van der Waals surface area contributed by atoms with Crippen molar-refractivity contribution in [1.82, 2.24) is 4.98 Å². The van der Waals surface area contributed by atoms with Gasteiger partial charge in [-0.3, -0.25) is 0 Å². The van der Waals surface area contributed by atoms with E-state index in [1.165, 1.54) is 70.6 Å². The zero-order chi connectivity index (χ0) is 34.2. The molecule has 2 aliphatic rings. The molecule has 9 aromatic rings. The molecule has 0 amide bonds. The van der Waals surface area contributed by atoms with E-state index in [0.29, 0.717) is 0 Å². The van der Waals surface area contributed by atoms with E-state index < -0.39 is 0 Å². The van der Waals surface area contributed by atoms with Gasteiger partial charge < -0.3 is 0 Å². The zero-order valence-electron chi connectivity index (χ0n) is 28.3. The number of rotatable bonds is 4. The fourth-order valence-electron chi connectivity index (χ4n) is 8.79. The molecule has 0 radical (unpaired) electrons. The molecule has 0 bridgehead atoms. The van der Waals surface area contributed by atoms with E-state index >= 15 is 0 Å². The fraction of sp³-hybridized carbons (Fsp3) is 0.0200. The predicted octanol–water partition coefficient (Wildman–Crippen LogP) is 13.3. The van der Waals surface area contributed by atoms with E-state index in [1.54, 1.807) is 0 Å². The molecule has 0 fully saturated rings. The van der Waals surface area contributed by atoms with Gasteiger partial charge in [0, 0.05) is 31.7 Å². The van der Waals surface area contributed by atoms with Crippen LogP contribution in [-0.4, -0.2) is 4.98 Å². The molecule has 1 nitrogen and oxygen atoms in total. The number of thiophene rings is 1. The molecule has 1 spiro atoms. The summed E-state index contributed by atoms with van der Waals surface area (Å²) in [4.78, 5) is 6.54. The van der Waals surface area contributed by atoms with E-state index in [4.69, 9.17) is 4.98 Å². The van der Waals surface area contributed by atoms with Crippen molar-refractivity contribution in [3.8, 4) is 67.0 Å². The van der Waals surface area contributed by atoms with Crippen LogP contribution in [-0.2, 0) is 5.41 Å². The Morgan fingerprint density at radius 3 is 1.52 bits per heavy atom. The minimum Gasteiger partial charge on any atom is -0.248 e. The van der Waals surface area contributed by atoms with Crippen molar-refractivity contribution >= 4 is 21.4 Å². The number of fused-ring (bicyclic) bond motifs is 12. The lowest BCUT2D eigenvalue weighted by atomic mass is 9.73. The van der Waals surface area contributed by atoms with Crippen molar-refractivity contribution in [2.75, 3.05) is 0 Å². The molecule has 2 aliphatic carbocycles. The van der Waals surface area contributed by atoms with Crippen molar-refractivity contribution in [3.63, 3.8) is 0 Å². The second-order valence-electron chi connectivity index (χ2n) is 13.8. The van der Waals surface area contributed by atoms with Gasteiger partial charge in [0.2, 0.25) is 0 Å². The van der Waals surface area contributed by atoms with Gasteiger partial charge in [0.05, 0.1) is 16.8 Å². The van der Waals surface area contributed by atoms with Crippen LogP contribution in [0.4, 0.5) is 0 Å². The maximum absolute atomic E-state index is 5.10. The van der Waals surface area contributed by atoms with Crippen molar-refractivity contribution in [2.45, 2.75) is 5.41 Å². The smallest absolute Gasteiger partial charge is 0.0819 e. The van der Waals surface area contributed by atoms with Gasteiger partial charge in [0.25, 0.3) is 0 Å². The summed E-state index contributed by atoms with van der Waals surface area (Å²) in [6.07, 6.45) is 0. The summed E-state index contributed by atoms with van der Waals surface area (Å²) >= 11 is 1.96. The third kappa shape index (κ3) is 4.19. The number of benzene rings is 7. The van der Waals surface area contributed by atoms with Gasteiger partial charge in [0.1, 0.15) is 0 Å². The molecule has 0 saturated heterocycles. The molecule has 2 heteroatoms. The number of hydrogen-bond donors (Lipinski definition) is 0. The standard InChI is InChI=1S/C50H31NS/c1-3-13-34(14-4-1)45-30-37(31-46(51-45)35-15-5-2-6-16-35)33-25-23-32(24-26-33)36-27-28-40-44(29-36)50(49-48(40)41-19-9-12-22-47(41)52-49)42-20-10-7-17-38(42)39-18-8-11-21-43(39)50/h1-31H. The Hall–Kier alpha value is -6.35. The van der Waals surface area contributed by atoms with Crippen LogP contribution in [0.25, 0.3) is 77.1 Å². The van der Waals surface area contributed by atoms with Crippen LogP contribution in [0, 0.1) is 0 Å². The third-order valence-corrected chi connectivity index (χ3v) is 12.4. The molecule has 52 heavy (non-hydrogen) atoms. The first kappa shape index (κ1) is 29.4. The minimum absolute atomic E-state index is 0.351. The molecule has 0 atom stereocenters. The highest BCUT2D eigenvalue weighted by molar-refractivity contribution is 7.20. The van der Waals surface area contributed by atoms with Crippen LogP contribution in [0.15, 0.2) is 188 Å². The highest BCUT2D eigenvalue weighted by Gasteiger charge is 2.53. The molecule has 7 aromatic carbocycles. The van der Waals surface area contributed by atoms with E-state index in [1.807, 2.05) is 11.3 Å².